The predicted octanol–water partition coefficient (Wildman–Crippen LogP) is 3.67. The van der Waals surface area contributed by atoms with Crippen LogP contribution < -0.4 is 5.32 Å². The van der Waals surface area contributed by atoms with Gasteiger partial charge in [-0.3, -0.25) is 4.68 Å². The molecule has 0 radical (unpaired) electrons. The van der Waals surface area contributed by atoms with Crippen molar-refractivity contribution in [3.63, 3.8) is 0 Å². The Hall–Kier alpha value is -0.390. The lowest BCUT2D eigenvalue weighted by molar-refractivity contribution is -0.102. The first-order valence-electron chi connectivity index (χ1n) is 7.68. The van der Waals surface area contributed by atoms with Gasteiger partial charge in [0.25, 0.3) is 0 Å². The molecule has 1 heterocycles. The topological polar surface area (TPSA) is 39.1 Å². The molecule has 0 amide bonds. The van der Waals surface area contributed by atoms with Gasteiger partial charge in [-0.15, -0.1) is 0 Å². The fraction of sp³-hybridized carbons (Fsp3) is 0.800. The van der Waals surface area contributed by atoms with Crippen molar-refractivity contribution < 1.29 is 4.74 Å². The molecule has 1 aliphatic rings. The third-order valence-electron chi connectivity index (χ3n) is 4.27. The third kappa shape index (κ3) is 2.95. The lowest BCUT2D eigenvalue weighted by Crippen LogP contribution is -2.51. The summed E-state index contributed by atoms with van der Waals surface area (Å²) in [6.07, 6.45) is 7.60. The summed E-state index contributed by atoms with van der Waals surface area (Å²) in [7, 11) is 1.84. The number of hydrogen-bond acceptors (Lipinski definition) is 3. The minimum absolute atomic E-state index is 0.0663. The molecule has 1 atom stereocenters. The van der Waals surface area contributed by atoms with E-state index in [-0.39, 0.29) is 11.6 Å². The molecule has 1 aromatic rings. The molecule has 1 saturated carbocycles. The molecule has 5 heteroatoms. The Morgan fingerprint density at radius 1 is 1.45 bits per heavy atom. The molecule has 0 saturated heterocycles. The highest BCUT2D eigenvalue weighted by Crippen LogP contribution is 2.46. The molecule has 4 nitrogen and oxygen atoms in total. The van der Waals surface area contributed by atoms with Gasteiger partial charge in [-0.05, 0) is 54.6 Å². The first kappa shape index (κ1) is 16.0. The molecular formula is C15H26BrN3O. The van der Waals surface area contributed by atoms with Crippen LogP contribution in [0.25, 0.3) is 0 Å². The van der Waals surface area contributed by atoms with Crippen LogP contribution >= 0.6 is 15.9 Å². The third-order valence-corrected chi connectivity index (χ3v) is 4.88. The second kappa shape index (κ2) is 7.05. The van der Waals surface area contributed by atoms with Gasteiger partial charge >= 0.3 is 0 Å². The van der Waals surface area contributed by atoms with Crippen molar-refractivity contribution in [1.29, 1.82) is 0 Å². The van der Waals surface area contributed by atoms with E-state index in [9.17, 15) is 0 Å². The lowest BCUT2D eigenvalue weighted by Gasteiger charge is -2.47. The van der Waals surface area contributed by atoms with E-state index in [1.54, 1.807) is 0 Å². The number of rotatable bonds is 8. The average molecular weight is 344 g/mol. The Balaban J connectivity index is 2.33. The summed E-state index contributed by atoms with van der Waals surface area (Å²) in [4.78, 5) is 0. The van der Waals surface area contributed by atoms with Crippen LogP contribution in [-0.4, -0.2) is 29.0 Å². The number of ether oxygens (including phenoxy) is 1. The molecule has 114 valence electrons. The second-order valence-electron chi connectivity index (χ2n) is 5.61. The molecule has 0 bridgehead atoms. The normalized spacial score (nSPS) is 18.8. The standard InChI is InChI=1S/C15H26BrN3O/c1-4-9-17-14(15(20-3)7-6-8-15)13-12(16)11-18-19(13)10-5-2/h11,14,17H,4-10H2,1-3H3. The summed E-state index contributed by atoms with van der Waals surface area (Å²) in [5.41, 5.74) is 1.17. The predicted molar refractivity (Wildman–Crippen MR) is 84.8 cm³/mol. The van der Waals surface area contributed by atoms with Gasteiger partial charge in [0.1, 0.15) is 0 Å². The number of methoxy groups -OCH3 is 1. The molecule has 0 aromatic carbocycles. The molecule has 20 heavy (non-hydrogen) atoms. The fourth-order valence-corrected chi connectivity index (χ4v) is 3.53. The van der Waals surface area contributed by atoms with Crippen molar-refractivity contribution in [3.8, 4) is 0 Å². The summed E-state index contributed by atoms with van der Waals surface area (Å²) in [6.45, 7) is 6.33. The van der Waals surface area contributed by atoms with Gasteiger partial charge in [0.15, 0.2) is 0 Å². The summed E-state index contributed by atoms with van der Waals surface area (Å²) in [6, 6.07) is 0.213. The van der Waals surface area contributed by atoms with E-state index < -0.39 is 0 Å². The Morgan fingerprint density at radius 2 is 2.20 bits per heavy atom. The Kier molecular flexibility index (Phi) is 5.64. The zero-order chi connectivity index (χ0) is 14.6. The van der Waals surface area contributed by atoms with Crippen LogP contribution in [0.2, 0.25) is 0 Å². The number of hydrogen-bond donors (Lipinski definition) is 1. The van der Waals surface area contributed by atoms with Crippen LogP contribution in [0, 0.1) is 0 Å². The smallest absolute Gasteiger partial charge is 0.0888 e. The summed E-state index contributed by atoms with van der Waals surface area (Å²) in [5.74, 6) is 0. The summed E-state index contributed by atoms with van der Waals surface area (Å²) >= 11 is 3.68. The van der Waals surface area contributed by atoms with Crippen molar-refractivity contribution in [2.45, 2.75) is 64.1 Å². The van der Waals surface area contributed by atoms with E-state index in [1.165, 1.54) is 12.1 Å². The maximum absolute atomic E-state index is 5.92. The van der Waals surface area contributed by atoms with Crippen LogP contribution in [0.1, 0.15) is 57.7 Å². The van der Waals surface area contributed by atoms with Gasteiger partial charge in [0, 0.05) is 13.7 Å². The van der Waals surface area contributed by atoms with Crippen LogP contribution in [0.3, 0.4) is 0 Å². The van der Waals surface area contributed by atoms with E-state index in [1.807, 2.05) is 13.3 Å². The Labute approximate surface area is 130 Å². The number of aryl methyl sites for hydroxylation is 1. The zero-order valence-electron chi connectivity index (χ0n) is 12.8. The first-order chi connectivity index (χ1) is 9.68. The van der Waals surface area contributed by atoms with E-state index >= 15 is 0 Å². The zero-order valence-corrected chi connectivity index (χ0v) is 14.4. The highest BCUT2D eigenvalue weighted by molar-refractivity contribution is 9.10. The van der Waals surface area contributed by atoms with Crippen LogP contribution in [0.15, 0.2) is 10.7 Å². The molecule has 0 spiro atoms. The second-order valence-corrected chi connectivity index (χ2v) is 6.46. The Morgan fingerprint density at radius 3 is 2.70 bits per heavy atom. The molecule has 1 N–H and O–H groups in total. The molecule has 1 aromatic heterocycles. The van der Waals surface area contributed by atoms with Gasteiger partial charge in [0.05, 0.1) is 28.0 Å². The number of aromatic nitrogens is 2. The van der Waals surface area contributed by atoms with Crippen molar-refractivity contribution in [2.24, 2.45) is 0 Å². The molecular weight excluding hydrogens is 318 g/mol. The van der Waals surface area contributed by atoms with Gasteiger partial charge < -0.3 is 10.1 Å². The van der Waals surface area contributed by atoms with Crippen molar-refractivity contribution in [2.75, 3.05) is 13.7 Å². The average Bonchev–Trinajstić information content (AvgIpc) is 2.74. The van der Waals surface area contributed by atoms with E-state index in [0.29, 0.717) is 0 Å². The summed E-state index contributed by atoms with van der Waals surface area (Å²) in [5, 5.41) is 8.20. The van der Waals surface area contributed by atoms with Gasteiger partial charge in [-0.1, -0.05) is 13.8 Å². The first-order valence-corrected chi connectivity index (χ1v) is 8.47. The quantitative estimate of drug-likeness (QED) is 0.782. The molecule has 1 aliphatic carbocycles. The SMILES string of the molecule is CCCNC(c1c(Br)cnn1CCC)C1(OC)CCC1. The van der Waals surface area contributed by atoms with Crippen LogP contribution in [0.4, 0.5) is 0 Å². The van der Waals surface area contributed by atoms with Gasteiger partial charge in [0.2, 0.25) is 0 Å². The monoisotopic (exact) mass is 343 g/mol. The maximum Gasteiger partial charge on any atom is 0.0888 e. The number of nitrogens with zero attached hydrogens (tertiary/aromatic N) is 2. The molecule has 1 unspecified atom stereocenters. The Bertz CT molecular complexity index is 423. The summed E-state index contributed by atoms with van der Waals surface area (Å²) < 4.78 is 9.13. The molecule has 0 aliphatic heterocycles. The maximum atomic E-state index is 5.92. The highest BCUT2D eigenvalue weighted by atomic mass is 79.9. The van der Waals surface area contributed by atoms with Gasteiger partial charge in [-0.25, -0.2) is 0 Å². The number of halogens is 1. The van der Waals surface area contributed by atoms with Crippen LogP contribution in [0.5, 0.6) is 0 Å². The molecule has 2 rings (SSSR count). The lowest BCUT2D eigenvalue weighted by atomic mass is 9.73. The van der Waals surface area contributed by atoms with E-state index in [2.05, 4.69) is 44.9 Å². The number of nitrogens with one attached hydrogen (secondary N) is 1. The van der Waals surface area contributed by atoms with Crippen molar-refractivity contribution in [1.82, 2.24) is 15.1 Å². The van der Waals surface area contributed by atoms with E-state index in [4.69, 9.17) is 4.74 Å². The van der Waals surface area contributed by atoms with Crippen LogP contribution in [-0.2, 0) is 11.3 Å². The van der Waals surface area contributed by atoms with E-state index in [0.717, 1.165) is 43.2 Å². The van der Waals surface area contributed by atoms with Gasteiger partial charge in [-0.2, -0.15) is 5.10 Å². The minimum atomic E-state index is -0.0663. The van der Waals surface area contributed by atoms with Crippen molar-refractivity contribution >= 4 is 15.9 Å². The molecule has 1 fully saturated rings. The largest absolute Gasteiger partial charge is 0.376 e. The fourth-order valence-electron chi connectivity index (χ4n) is 3.01. The van der Waals surface area contributed by atoms with Crippen molar-refractivity contribution in [3.05, 3.63) is 16.4 Å². The highest BCUT2D eigenvalue weighted by Gasteiger charge is 2.46. The minimum Gasteiger partial charge on any atom is -0.376 e.